The summed E-state index contributed by atoms with van der Waals surface area (Å²) < 4.78 is 12.5. The lowest BCUT2D eigenvalue weighted by molar-refractivity contribution is 0.486. The van der Waals surface area contributed by atoms with Crippen LogP contribution >= 0.6 is 0 Å². The van der Waals surface area contributed by atoms with Gasteiger partial charge in [-0.05, 0) is 67.9 Å². The molecule has 0 N–H and O–H groups in total. The fraction of sp³-hybridized carbons (Fsp3) is 0.0690. The lowest BCUT2D eigenvalue weighted by Crippen LogP contribution is -1.98. The zero-order chi connectivity index (χ0) is 23.1. The van der Waals surface area contributed by atoms with Crippen LogP contribution in [-0.4, -0.2) is 15.0 Å². The van der Waals surface area contributed by atoms with Gasteiger partial charge in [-0.1, -0.05) is 30.3 Å². The van der Waals surface area contributed by atoms with Crippen molar-refractivity contribution in [2.75, 3.05) is 0 Å². The Bertz CT molecular complexity index is 1620. The van der Waals surface area contributed by atoms with E-state index in [0.717, 1.165) is 50.1 Å². The van der Waals surface area contributed by atoms with Gasteiger partial charge in [0.25, 0.3) is 0 Å². The second-order valence-corrected chi connectivity index (χ2v) is 8.24. The average Bonchev–Trinajstić information content (AvgIpc) is 3.31. The Morgan fingerprint density at radius 3 is 2.50 bits per heavy atom. The van der Waals surface area contributed by atoms with Crippen LogP contribution in [0.15, 0.2) is 95.7 Å². The van der Waals surface area contributed by atoms with Crippen molar-refractivity contribution in [3.05, 3.63) is 103 Å². The highest BCUT2D eigenvalue weighted by Gasteiger charge is 2.15. The van der Waals surface area contributed by atoms with Gasteiger partial charge in [-0.2, -0.15) is 0 Å². The monoisotopic (exact) mass is 443 g/mol. The van der Waals surface area contributed by atoms with Crippen LogP contribution in [0.5, 0.6) is 11.5 Å². The summed E-state index contributed by atoms with van der Waals surface area (Å²) in [4.78, 5) is 13.8. The molecule has 4 heterocycles. The molecule has 6 rings (SSSR count). The number of aromatic nitrogens is 3. The van der Waals surface area contributed by atoms with Crippen molar-refractivity contribution in [2.45, 2.75) is 13.8 Å². The molecular weight excluding hydrogens is 422 g/mol. The Hall–Kier alpha value is -4.51. The van der Waals surface area contributed by atoms with Crippen molar-refractivity contribution in [3.63, 3.8) is 0 Å². The Labute approximate surface area is 196 Å². The molecule has 5 nitrogen and oxygen atoms in total. The minimum atomic E-state index is 0.663. The first-order valence-corrected chi connectivity index (χ1v) is 11.1. The summed E-state index contributed by atoms with van der Waals surface area (Å²) in [5.41, 5.74) is 6.15. The van der Waals surface area contributed by atoms with Gasteiger partial charge in [0.2, 0.25) is 0 Å². The van der Waals surface area contributed by atoms with Crippen molar-refractivity contribution in [3.8, 4) is 34.2 Å². The summed E-state index contributed by atoms with van der Waals surface area (Å²) >= 11 is 0. The molecule has 0 bridgehead atoms. The zero-order valence-corrected chi connectivity index (χ0v) is 18.8. The van der Waals surface area contributed by atoms with Gasteiger partial charge >= 0.3 is 0 Å². The van der Waals surface area contributed by atoms with Crippen LogP contribution in [0.1, 0.15) is 11.3 Å². The molecule has 0 fully saturated rings. The summed E-state index contributed by atoms with van der Waals surface area (Å²) in [7, 11) is 0. The van der Waals surface area contributed by atoms with Crippen molar-refractivity contribution in [2.24, 2.45) is 0 Å². The van der Waals surface area contributed by atoms with Gasteiger partial charge in [0.1, 0.15) is 22.8 Å². The number of benzene rings is 2. The molecule has 5 heteroatoms. The Morgan fingerprint density at radius 2 is 1.65 bits per heavy atom. The summed E-state index contributed by atoms with van der Waals surface area (Å²) in [6, 6.07) is 25.8. The number of nitrogens with zero attached hydrogens (tertiary/aromatic N) is 3. The molecule has 0 radical (unpaired) electrons. The molecular formula is C29H21N3O2. The van der Waals surface area contributed by atoms with Crippen LogP contribution in [0.3, 0.4) is 0 Å². The van der Waals surface area contributed by atoms with Crippen molar-refractivity contribution >= 4 is 21.9 Å². The molecule has 0 spiro atoms. The van der Waals surface area contributed by atoms with E-state index in [2.05, 4.69) is 16.0 Å². The maximum absolute atomic E-state index is 6.44. The minimum absolute atomic E-state index is 0.663. The molecule has 0 aliphatic heterocycles. The van der Waals surface area contributed by atoms with E-state index in [-0.39, 0.29) is 0 Å². The highest BCUT2D eigenvalue weighted by Crippen LogP contribution is 2.37. The number of rotatable bonds is 4. The average molecular weight is 444 g/mol. The van der Waals surface area contributed by atoms with Crippen LogP contribution < -0.4 is 4.74 Å². The second kappa shape index (κ2) is 8.12. The molecule has 164 valence electrons. The highest BCUT2D eigenvalue weighted by molar-refractivity contribution is 5.90. The number of para-hydroxylation sites is 1. The first kappa shape index (κ1) is 20.1. The molecule has 0 atom stereocenters. The molecule has 0 saturated heterocycles. The van der Waals surface area contributed by atoms with E-state index in [4.69, 9.17) is 14.1 Å². The van der Waals surface area contributed by atoms with Gasteiger partial charge in [0, 0.05) is 34.4 Å². The van der Waals surface area contributed by atoms with Crippen molar-refractivity contribution < 1.29 is 9.15 Å². The van der Waals surface area contributed by atoms with E-state index in [1.807, 2.05) is 86.6 Å². The van der Waals surface area contributed by atoms with E-state index < -0.39 is 0 Å². The number of fused-ring (bicyclic) bond motifs is 2. The molecule has 0 aliphatic carbocycles. The Balaban J connectivity index is 1.42. The standard InChI is InChI=1S/C29H21N3O2/c1-18-15-28(29(32-19(18)2)23-8-5-6-13-30-23)34-26-12-14-31-24-16-21(10-11-22(24)26)27-17-20-7-3-4-9-25(20)33-27/h3-17H,1-2H3. The van der Waals surface area contributed by atoms with Crippen LogP contribution in [0, 0.1) is 13.8 Å². The van der Waals surface area contributed by atoms with Crippen LogP contribution in [0.2, 0.25) is 0 Å². The van der Waals surface area contributed by atoms with Crippen LogP contribution in [-0.2, 0) is 0 Å². The molecule has 0 aliphatic rings. The fourth-order valence-corrected chi connectivity index (χ4v) is 4.05. The van der Waals surface area contributed by atoms with E-state index in [9.17, 15) is 0 Å². The lowest BCUT2D eigenvalue weighted by atomic mass is 10.1. The van der Waals surface area contributed by atoms with Gasteiger partial charge in [-0.15, -0.1) is 0 Å². The van der Waals surface area contributed by atoms with Crippen LogP contribution in [0.25, 0.3) is 44.6 Å². The number of aryl methyl sites for hydroxylation is 2. The first-order valence-electron chi connectivity index (χ1n) is 11.1. The number of furan rings is 1. The van der Waals surface area contributed by atoms with Crippen LogP contribution in [0.4, 0.5) is 0 Å². The third-order valence-electron chi connectivity index (χ3n) is 5.97. The van der Waals surface area contributed by atoms with Crippen molar-refractivity contribution in [1.29, 1.82) is 0 Å². The molecule has 4 aromatic heterocycles. The molecule has 6 aromatic rings. The zero-order valence-electron chi connectivity index (χ0n) is 18.8. The summed E-state index contributed by atoms with van der Waals surface area (Å²) in [5.74, 6) is 2.19. The smallest absolute Gasteiger partial charge is 0.155 e. The molecule has 0 amide bonds. The Morgan fingerprint density at radius 1 is 0.765 bits per heavy atom. The fourth-order valence-electron chi connectivity index (χ4n) is 4.05. The van der Waals surface area contributed by atoms with Crippen molar-refractivity contribution in [1.82, 2.24) is 15.0 Å². The van der Waals surface area contributed by atoms with E-state index in [0.29, 0.717) is 17.2 Å². The molecule has 2 aromatic carbocycles. The minimum Gasteiger partial charge on any atom is -0.456 e. The predicted molar refractivity (Wildman–Crippen MR) is 134 cm³/mol. The molecule has 0 unspecified atom stereocenters. The number of hydrogen-bond donors (Lipinski definition) is 0. The SMILES string of the molecule is Cc1cc(Oc2ccnc3cc(-c4cc5ccccc5o4)ccc23)c(-c2ccccn2)nc1C. The first-order chi connectivity index (χ1) is 16.7. The number of hydrogen-bond acceptors (Lipinski definition) is 5. The van der Waals surface area contributed by atoms with Gasteiger partial charge < -0.3 is 9.15 Å². The number of pyridine rings is 3. The summed E-state index contributed by atoms with van der Waals surface area (Å²) in [5, 5.41) is 1.99. The topological polar surface area (TPSA) is 61.0 Å². The largest absolute Gasteiger partial charge is 0.456 e. The third kappa shape index (κ3) is 3.57. The van der Waals surface area contributed by atoms with E-state index >= 15 is 0 Å². The second-order valence-electron chi connectivity index (χ2n) is 8.24. The lowest BCUT2D eigenvalue weighted by Gasteiger charge is -2.14. The van der Waals surface area contributed by atoms with E-state index in [1.165, 1.54) is 0 Å². The van der Waals surface area contributed by atoms with E-state index in [1.54, 1.807) is 12.4 Å². The molecule has 0 saturated carbocycles. The van der Waals surface area contributed by atoms with Gasteiger partial charge in [0.05, 0.1) is 11.2 Å². The maximum atomic E-state index is 6.44. The quantitative estimate of drug-likeness (QED) is 0.282. The predicted octanol–water partition coefficient (Wildman–Crippen LogP) is 7.51. The Kier molecular flexibility index (Phi) is 4.81. The summed E-state index contributed by atoms with van der Waals surface area (Å²) in [6.07, 6.45) is 3.52. The highest BCUT2D eigenvalue weighted by atomic mass is 16.5. The number of ether oxygens (including phenoxy) is 1. The normalized spacial score (nSPS) is 11.2. The van der Waals surface area contributed by atoms with Gasteiger partial charge in [-0.3, -0.25) is 9.97 Å². The van der Waals surface area contributed by atoms with Gasteiger partial charge in [-0.25, -0.2) is 4.98 Å². The summed E-state index contributed by atoms with van der Waals surface area (Å²) in [6.45, 7) is 4.02. The third-order valence-corrected chi connectivity index (χ3v) is 5.97. The molecule has 34 heavy (non-hydrogen) atoms. The van der Waals surface area contributed by atoms with Gasteiger partial charge in [0.15, 0.2) is 5.75 Å². The maximum Gasteiger partial charge on any atom is 0.155 e.